The van der Waals surface area contributed by atoms with Crippen molar-refractivity contribution < 1.29 is 13.2 Å². The van der Waals surface area contributed by atoms with Crippen LogP contribution in [0.3, 0.4) is 0 Å². The van der Waals surface area contributed by atoms with Crippen molar-refractivity contribution in [3.05, 3.63) is 54.1 Å². The third kappa shape index (κ3) is 4.15. The van der Waals surface area contributed by atoms with Crippen molar-refractivity contribution in [3.63, 3.8) is 0 Å². The molecule has 2 rings (SSSR count). The molecule has 0 unspecified atom stereocenters. The highest BCUT2D eigenvalue weighted by Gasteiger charge is 2.16. The summed E-state index contributed by atoms with van der Waals surface area (Å²) < 4.78 is 32.9. The first-order valence-electron chi connectivity index (χ1n) is 6.96. The molecule has 2 aromatic rings. The fourth-order valence-electron chi connectivity index (χ4n) is 1.98. The first-order chi connectivity index (χ1) is 10.6. The summed E-state index contributed by atoms with van der Waals surface area (Å²) in [5.74, 6) is 1.01. The fraction of sp³-hybridized carbons (Fsp3) is 0.250. The van der Waals surface area contributed by atoms with Gasteiger partial charge in [-0.05, 0) is 43.2 Å². The van der Waals surface area contributed by atoms with Gasteiger partial charge in [0.05, 0.1) is 17.2 Å². The van der Waals surface area contributed by atoms with E-state index in [1.165, 1.54) is 0 Å². The molecule has 0 atom stereocenters. The number of alkyl halides is 1. The quantitative estimate of drug-likeness (QED) is 0.783. The van der Waals surface area contributed by atoms with Crippen molar-refractivity contribution in [1.29, 1.82) is 0 Å². The van der Waals surface area contributed by atoms with Crippen LogP contribution in [0.2, 0.25) is 0 Å². The Labute approximate surface area is 136 Å². The minimum Gasteiger partial charge on any atom is -0.492 e. The smallest absolute Gasteiger partial charge is 0.262 e. The maximum Gasteiger partial charge on any atom is 0.262 e. The topological polar surface area (TPSA) is 55.4 Å². The van der Waals surface area contributed by atoms with Gasteiger partial charge in [-0.25, -0.2) is 8.42 Å². The van der Waals surface area contributed by atoms with Gasteiger partial charge in [0.1, 0.15) is 5.75 Å². The summed E-state index contributed by atoms with van der Waals surface area (Å²) in [6.45, 7) is 2.31. The molecule has 0 heterocycles. The predicted molar refractivity (Wildman–Crippen MR) is 89.3 cm³/mol. The molecule has 0 saturated carbocycles. The van der Waals surface area contributed by atoms with Gasteiger partial charge in [-0.15, -0.1) is 11.6 Å². The summed E-state index contributed by atoms with van der Waals surface area (Å²) in [4.78, 5) is 0.206. The van der Waals surface area contributed by atoms with Crippen molar-refractivity contribution in [3.8, 4) is 5.75 Å². The van der Waals surface area contributed by atoms with E-state index in [1.54, 1.807) is 48.5 Å². The molecule has 4 nitrogen and oxygen atoms in total. The Morgan fingerprint density at radius 1 is 1.09 bits per heavy atom. The molecule has 0 aliphatic carbocycles. The molecule has 0 aromatic heterocycles. The Balaban J connectivity index is 2.24. The highest BCUT2D eigenvalue weighted by Crippen LogP contribution is 2.26. The molecule has 0 radical (unpaired) electrons. The lowest BCUT2D eigenvalue weighted by Gasteiger charge is -2.13. The monoisotopic (exact) mass is 339 g/mol. The minimum atomic E-state index is -3.65. The predicted octanol–water partition coefficient (Wildman–Crippen LogP) is 3.67. The van der Waals surface area contributed by atoms with Crippen LogP contribution in [0.25, 0.3) is 0 Å². The molecular weight excluding hydrogens is 322 g/mol. The van der Waals surface area contributed by atoms with Crippen LogP contribution >= 0.6 is 11.6 Å². The van der Waals surface area contributed by atoms with Crippen LogP contribution in [0.4, 0.5) is 5.69 Å². The van der Waals surface area contributed by atoms with Crippen LogP contribution in [0.15, 0.2) is 53.4 Å². The molecular formula is C16H18ClNO3S. The van der Waals surface area contributed by atoms with Crippen molar-refractivity contribution in [1.82, 2.24) is 0 Å². The van der Waals surface area contributed by atoms with Crippen molar-refractivity contribution >= 4 is 27.3 Å². The molecule has 118 valence electrons. The van der Waals surface area contributed by atoms with Crippen LogP contribution < -0.4 is 9.46 Å². The summed E-state index contributed by atoms with van der Waals surface area (Å²) in [6.07, 6.45) is 0.711. The number of aryl methyl sites for hydroxylation is 1. The summed E-state index contributed by atoms with van der Waals surface area (Å²) >= 11 is 5.68. The van der Waals surface area contributed by atoms with Crippen LogP contribution in [0, 0.1) is 0 Å². The number of hydrogen-bond acceptors (Lipinski definition) is 3. The molecule has 0 amide bonds. The van der Waals surface area contributed by atoms with E-state index >= 15 is 0 Å². The Morgan fingerprint density at radius 3 is 2.41 bits per heavy atom. The molecule has 0 fully saturated rings. The molecule has 0 bridgehead atoms. The number of nitrogens with one attached hydrogen (secondary N) is 1. The number of sulfonamides is 1. The maximum atomic E-state index is 12.4. The lowest BCUT2D eigenvalue weighted by molar-refractivity contribution is 0.342. The second kappa shape index (κ2) is 7.51. The van der Waals surface area contributed by atoms with E-state index in [0.29, 0.717) is 30.3 Å². The van der Waals surface area contributed by atoms with E-state index in [9.17, 15) is 8.42 Å². The Morgan fingerprint density at radius 2 is 1.77 bits per heavy atom. The Kier molecular flexibility index (Phi) is 5.69. The molecule has 0 aliphatic heterocycles. The maximum absolute atomic E-state index is 12.4. The lowest BCUT2D eigenvalue weighted by Crippen LogP contribution is -2.14. The minimum absolute atomic E-state index is 0.206. The molecule has 2 aromatic carbocycles. The zero-order valence-electron chi connectivity index (χ0n) is 12.3. The first kappa shape index (κ1) is 16.6. The van der Waals surface area contributed by atoms with E-state index < -0.39 is 10.0 Å². The molecule has 6 heteroatoms. The highest BCUT2D eigenvalue weighted by molar-refractivity contribution is 7.92. The zero-order chi connectivity index (χ0) is 16.0. The summed E-state index contributed by atoms with van der Waals surface area (Å²) in [5, 5.41) is 0. The lowest BCUT2D eigenvalue weighted by atomic mass is 10.2. The largest absolute Gasteiger partial charge is 0.492 e. The number of anilines is 1. The normalized spacial score (nSPS) is 11.2. The van der Waals surface area contributed by atoms with Gasteiger partial charge in [0.15, 0.2) is 0 Å². The van der Waals surface area contributed by atoms with Gasteiger partial charge in [0, 0.05) is 5.88 Å². The van der Waals surface area contributed by atoms with Crippen LogP contribution in [0.1, 0.15) is 12.5 Å². The van der Waals surface area contributed by atoms with E-state index in [2.05, 4.69) is 4.72 Å². The van der Waals surface area contributed by atoms with E-state index in [4.69, 9.17) is 16.3 Å². The molecule has 0 saturated heterocycles. The second-order valence-electron chi connectivity index (χ2n) is 4.62. The van der Waals surface area contributed by atoms with Gasteiger partial charge >= 0.3 is 0 Å². The van der Waals surface area contributed by atoms with Crippen LogP contribution in [0.5, 0.6) is 5.75 Å². The van der Waals surface area contributed by atoms with Gasteiger partial charge < -0.3 is 4.74 Å². The average molecular weight is 340 g/mol. The second-order valence-corrected chi connectivity index (χ2v) is 6.68. The Hall–Kier alpha value is -1.72. The summed E-state index contributed by atoms with van der Waals surface area (Å²) in [6, 6.07) is 13.6. The molecule has 22 heavy (non-hydrogen) atoms. The highest BCUT2D eigenvalue weighted by atomic mass is 35.5. The third-order valence-electron chi connectivity index (χ3n) is 3.05. The van der Waals surface area contributed by atoms with Gasteiger partial charge in [-0.3, -0.25) is 4.72 Å². The van der Waals surface area contributed by atoms with E-state index in [-0.39, 0.29) is 4.90 Å². The fourth-order valence-corrected chi connectivity index (χ4v) is 3.27. The third-order valence-corrected chi connectivity index (χ3v) is 4.62. The number of rotatable bonds is 7. The first-order valence-corrected chi connectivity index (χ1v) is 8.98. The SMILES string of the molecule is CCOc1ccccc1NS(=O)(=O)c1ccc(CCCl)cc1. The van der Waals surface area contributed by atoms with Gasteiger partial charge in [0.25, 0.3) is 10.0 Å². The van der Waals surface area contributed by atoms with E-state index in [1.807, 2.05) is 6.92 Å². The van der Waals surface area contributed by atoms with Crippen LogP contribution in [-0.4, -0.2) is 20.9 Å². The number of benzene rings is 2. The summed E-state index contributed by atoms with van der Waals surface area (Å²) in [7, 11) is -3.65. The molecule has 0 spiro atoms. The standard InChI is InChI=1S/C16H18ClNO3S/c1-2-21-16-6-4-3-5-15(16)18-22(19,20)14-9-7-13(8-10-14)11-12-17/h3-10,18H,2,11-12H2,1H3. The zero-order valence-corrected chi connectivity index (χ0v) is 13.8. The number of hydrogen-bond donors (Lipinski definition) is 1. The summed E-state index contributed by atoms with van der Waals surface area (Å²) in [5.41, 5.74) is 1.43. The molecule has 0 aliphatic rings. The van der Waals surface area contributed by atoms with Crippen LogP contribution in [-0.2, 0) is 16.4 Å². The van der Waals surface area contributed by atoms with E-state index in [0.717, 1.165) is 5.56 Å². The number of para-hydroxylation sites is 2. The van der Waals surface area contributed by atoms with Crippen molar-refractivity contribution in [2.45, 2.75) is 18.2 Å². The Bertz CT molecular complexity index is 714. The molecule has 1 N–H and O–H groups in total. The van der Waals surface area contributed by atoms with Gasteiger partial charge in [-0.2, -0.15) is 0 Å². The van der Waals surface area contributed by atoms with Gasteiger partial charge in [-0.1, -0.05) is 24.3 Å². The number of ether oxygens (including phenoxy) is 1. The van der Waals surface area contributed by atoms with Gasteiger partial charge in [0.2, 0.25) is 0 Å². The average Bonchev–Trinajstić information content (AvgIpc) is 2.50. The number of halogens is 1. The van der Waals surface area contributed by atoms with Crippen molar-refractivity contribution in [2.75, 3.05) is 17.2 Å². The van der Waals surface area contributed by atoms with Crippen molar-refractivity contribution in [2.24, 2.45) is 0 Å².